The van der Waals surface area contributed by atoms with Crippen LogP contribution in [0.5, 0.6) is 0 Å². The molecule has 5 nitrogen and oxygen atoms in total. The molecular weight excluding hydrogens is 266 g/mol. The van der Waals surface area contributed by atoms with Crippen LogP contribution in [0.25, 0.3) is 0 Å². The van der Waals surface area contributed by atoms with Crippen molar-refractivity contribution in [1.82, 2.24) is 5.32 Å². The number of nitrogens with one attached hydrogen (secondary N) is 1. The lowest BCUT2D eigenvalue weighted by molar-refractivity contribution is -0.139. The highest BCUT2D eigenvalue weighted by molar-refractivity contribution is 5.75. The molecule has 116 valence electrons. The predicted molar refractivity (Wildman–Crippen MR) is 86.2 cm³/mol. The number of carboxylic acids is 1. The first kappa shape index (κ1) is 15.6. The van der Waals surface area contributed by atoms with Gasteiger partial charge in [0.15, 0.2) is 0 Å². The van der Waals surface area contributed by atoms with E-state index in [0.29, 0.717) is 6.42 Å². The minimum absolute atomic E-state index is 0.172. The molecule has 0 saturated carbocycles. The van der Waals surface area contributed by atoms with Crippen LogP contribution in [0, 0.1) is 0 Å². The van der Waals surface area contributed by atoms with Crippen LogP contribution in [0.2, 0.25) is 0 Å². The molecule has 1 atom stereocenters. The minimum atomic E-state index is -0.772. The molecule has 0 radical (unpaired) electrons. The van der Waals surface area contributed by atoms with Crippen molar-refractivity contribution in [2.75, 3.05) is 36.5 Å². The molecule has 1 aliphatic rings. The number of aliphatic carboxylic acids is 1. The third-order valence-electron chi connectivity index (χ3n) is 3.86. The Kier molecular flexibility index (Phi) is 5.07. The van der Waals surface area contributed by atoms with E-state index in [1.54, 1.807) is 0 Å². The molecule has 1 aliphatic heterocycles. The molecule has 0 saturated heterocycles. The van der Waals surface area contributed by atoms with Crippen LogP contribution < -0.4 is 15.1 Å². The monoisotopic (exact) mass is 291 g/mol. The summed E-state index contributed by atoms with van der Waals surface area (Å²) in [6.07, 6.45) is 0.603. The van der Waals surface area contributed by atoms with Crippen molar-refractivity contribution in [3.63, 3.8) is 0 Å². The van der Waals surface area contributed by atoms with Gasteiger partial charge in [0.05, 0.1) is 11.4 Å². The lowest BCUT2D eigenvalue weighted by atomic mass is 10.1. The molecular formula is C16H25N3O2. The Bertz CT molecular complexity index is 490. The Morgan fingerprint density at radius 2 is 1.95 bits per heavy atom. The Balaban J connectivity index is 2.03. The van der Waals surface area contributed by atoms with Gasteiger partial charge in [0.25, 0.3) is 0 Å². The Morgan fingerprint density at radius 1 is 1.29 bits per heavy atom. The summed E-state index contributed by atoms with van der Waals surface area (Å²) in [6, 6.07) is 7.98. The summed E-state index contributed by atoms with van der Waals surface area (Å²) in [6.45, 7) is 6.59. The molecule has 1 heterocycles. The summed E-state index contributed by atoms with van der Waals surface area (Å²) < 4.78 is 0. The van der Waals surface area contributed by atoms with E-state index >= 15 is 0 Å². The Morgan fingerprint density at radius 3 is 2.57 bits per heavy atom. The smallest absolute Gasteiger partial charge is 0.320 e. The quantitative estimate of drug-likeness (QED) is 0.837. The van der Waals surface area contributed by atoms with Crippen LogP contribution in [-0.2, 0) is 4.79 Å². The number of benzene rings is 1. The van der Waals surface area contributed by atoms with E-state index in [1.165, 1.54) is 11.4 Å². The molecule has 0 aliphatic carbocycles. The van der Waals surface area contributed by atoms with Gasteiger partial charge in [-0.15, -0.1) is 0 Å². The van der Waals surface area contributed by atoms with E-state index in [-0.39, 0.29) is 6.04 Å². The molecule has 5 heteroatoms. The van der Waals surface area contributed by atoms with Crippen LogP contribution in [0.3, 0.4) is 0 Å². The van der Waals surface area contributed by atoms with Crippen molar-refractivity contribution in [1.29, 1.82) is 0 Å². The molecule has 1 aromatic rings. The van der Waals surface area contributed by atoms with Crippen LogP contribution in [0.15, 0.2) is 24.3 Å². The maximum atomic E-state index is 11.3. The highest BCUT2D eigenvalue weighted by Crippen LogP contribution is 2.31. The summed E-state index contributed by atoms with van der Waals surface area (Å²) in [5, 5.41) is 12.4. The highest BCUT2D eigenvalue weighted by atomic mass is 16.4. The molecule has 0 amide bonds. The number of carbonyl (C=O) groups is 1. The molecule has 2 N–H and O–H groups in total. The van der Waals surface area contributed by atoms with E-state index in [2.05, 4.69) is 34.3 Å². The fraction of sp³-hybridized carbons (Fsp3) is 0.562. The fourth-order valence-electron chi connectivity index (χ4n) is 2.76. The van der Waals surface area contributed by atoms with Gasteiger partial charge in [0.2, 0.25) is 0 Å². The number of hydrogen-bond acceptors (Lipinski definition) is 4. The van der Waals surface area contributed by atoms with E-state index in [0.717, 1.165) is 19.6 Å². The highest BCUT2D eigenvalue weighted by Gasteiger charge is 2.23. The molecule has 0 spiro atoms. The average Bonchev–Trinajstić information content (AvgIpc) is 2.45. The molecule has 0 aromatic heterocycles. The number of anilines is 2. The van der Waals surface area contributed by atoms with Crippen molar-refractivity contribution in [2.24, 2.45) is 0 Å². The van der Waals surface area contributed by atoms with Crippen LogP contribution >= 0.6 is 0 Å². The lowest BCUT2D eigenvalue weighted by Crippen LogP contribution is -2.45. The Labute approximate surface area is 126 Å². The van der Waals surface area contributed by atoms with E-state index in [1.807, 2.05) is 26.0 Å². The second-order valence-electron chi connectivity index (χ2n) is 5.90. The SMILES string of the molecule is CC(C)NC(CCN1CCN(C)c2ccccc21)C(=O)O. The largest absolute Gasteiger partial charge is 0.480 e. The second kappa shape index (κ2) is 6.80. The van der Waals surface area contributed by atoms with Gasteiger partial charge in [-0.2, -0.15) is 0 Å². The maximum absolute atomic E-state index is 11.3. The van der Waals surface area contributed by atoms with Crippen molar-refractivity contribution >= 4 is 17.3 Å². The van der Waals surface area contributed by atoms with Gasteiger partial charge < -0.3 is 20.2 Å². The van der Waals surface area contributed by atoms with Gasteiger partial charge in [-0.3, -0.25) is 4.79 Å². The number of nitrogens with zero attached hydrogens (tertiary/aromatic N) is 2. The number of likely N-dealkylation sites (N-methyl/N-ethyl adjacent to an activating group) is 1. The molecule has 2 rings (SSSR count). The first-order valence-corrected chi connectivity index (χ1v) is 7.53. The third kappa shape index (κ3) is 3.88. The van der Waals surface area contributed by atoms with Gasteiger partial charge in [-0.1, -0.05) is 26.0 Å². The van der Waals surface area contributed by atoms with Crippen LogP contribution in [0.4, 0.5) is 11.4 Å². The molecule has 1 aromatic carbocycles. The topological polar surface area (TPSA) is 55.8 Å². The maximum Gasteiger partial charge on any atom is 0.320 e. The second-order valence-corrected chi connectivity index (χ2v) is 5.90. The minimum Gasteiger partial charge on any atom is -0.480 e. The summed E-state index contributed by atoms with van der Waals surface area (Å²) in [5.41, 5.74) is 2.41. The van der Waals surface area contributed by atoms with Gasteiger partial charge in [-0.05, 0) is 18.6 Å². The van der Waals surface area contributed by atoms with Gasteiger partial charge in [-0.25, -0.2) is 0 Å². The third-order valence-corrected chi connectivity index (χ3v) is 3.86. The fourth-order valence-corrected chi connectivity index (χ4v) is 2.76. The van der Waals surface area contributed by atoms with E-state index in [9.17, 15) is 9.90 Å². The summed E-state index contributed by atoms with van der Waals surface area (Å²) >= 11 is 0. The number of hydrogen-bond donors (Lipinski definition) is 2. The lowest BCUT2D eigenvalue weighted by Gasteiger charge is -2.37. The van der Waals surface area contributed by atoms with E-state index in [4.69, 9.17) is 0 Å². The summed E-state index contributed by atoms with van der Waals surface area (Å²) in [7, 11) is 2.09. The molecule has 0 bridgehead atoms. The zero-order chi connectivity index (χ0) is 15.4. The van der Waals surface area contributed by atoms with Crippen molar-refractivity contribution < 1.29 is 9.90 Å². The predicted octanol–water partition coefficient (Wildman–Crippen LogP) is 1.78. The van der Waals surface area contributed by atoms with Gasteiger partial charge >= 0.3 is 5.97 Å². The first-order valence-electron chi connectivity index (χ1n) is 7.53. The number of rotatable bonds is 6. The average molecular weight is 291 g/mol. The van der Waals surface area contributed by atoms with Crippen LogP contribution in [0.1, 0.15) is 20.3 Å². The van der Waals surface area contributed by atoms with Crippen molar-refractivity contribution in [2.45, 2.75) is 32.4 Å². The number of carboxylic acid groups (broad SMARTS) is 1. The van der Waals surface area contributed by atoms with Crippen LogP contribution in [-0.4, -0.2) is 49.8 Å². The summed E-state index contributed by atoms with van der Waals surface area (Å²) in [5.74, 6) is -0.772. The zero-order valence-corrected chi connectivity index (χ0v) is 13.0. The zero-order valence-electron chi connectivity index (χ0n) is 13.0. The van der Waals surface area contributed by atoms with Crippen molar-refractivity contribution in [3.8, 4) is 0 Å². The molecule has 21 heavy (non-hydrogen) atoms. The Hall–Kier alpha value is -1.75. The number of para-hydroxylation sites is 2. The molecule has 0 fully saturated rings. The molecule has 1 unspecified atom stereocenters. The van der Waals surface area contributed by atoms with E-state index < -0.39 is 12.0 Å². The van der Waals surface area contributed by atoms with Gasteiger partial charge in [0, 0.05) is 32.7 Å². The standard InChI is InChI=1S/C16H25N3O2/c1-12(2)17-13(16(20)21)8-9-19-11-10-18(3)14-6-4-5-7-15(14)19/h4-7,12-13,17H,8-11H2,1-3H3,(H,20,21). The number of fused-ring (bicyclic) bond motifs is 1. The first-order chi connectivity index (χ1) is 9.99. The van der Waals surface area contributed by atoms with Crippen molar-refractivity contribution in [3.05, 3.63) is 24.3 Å². The normalized spacial score (nSPS) is 16.0. The summed E-state index contributed by atoms with van der Waals surface area (Å²) in [4.78, 5) is 15.8. The van der Waals surface area contributed by atoms with Gasteiger partial charge in [0.1, 0.15) is 6.04 Å².